The van der Waals surface area contributed by atoms with Crippen LogP contribution in [0.5, 0.6) is 0 Å². The lowest BCUT2D eigenvalue weighted by Gasteiger charge is -2.38. The van der Waals surface area contributed by atoms with E-state index in [0.29, 0.717) is 5.88 Å². The summed E-state index contributed by atoms with van der Waals surface area (Å²) in [5, 5.41) is 0.198. The quantitative estimate of drug-likeness (QED) is 0.538. The molecule has 0 N–H and O–H groups in total. The second kappa shape index (κ2) is 5.34. The molecule has 4 heteroatoms. The van der Waals surface area contributed by atoms with Crippen molar-refractivity contribution in [2.75, 3.05) is 20.1 Å². The van der Waals surface area contributed by atoms with Crippen LogP contribution in [0.2, 0.25) is 5.04 Å². The van der Waals surface area contributed by atoms with Crippen LogP contribution in [0.25, 0.3) is 0 Å². The van der Waals surface area contributed by atoms with E-state index in [1.807, 2.05) is 0 Å². The first-order valence-corrected chi connectivity index (χ1v) is 6.96. The molecule has 0 spiro atoms. The van der Waals surface area contributed by atoms with Crippen molar-refractivity contribution in [3.05, 3.63) is 0 Å². The fourth-order valence-electron chi connectivity index (χ4n) is 2.28. The number of alkyl halides is 1. The smallest absolute Gasteiger partial charge is 0.328 e. The van der Waals surface area contributed by atoms with Gasteiger partial charge in [-0.2, -0.15) is 0 Å². The Kier molecular flexibility index (Phi) is 4.73. The molecule has 0 aromatic carbocycles. The molecule has 0 bridgehead atoms. The molecule has 0 amide bonds. The van der Waals surface area contributed by atoms with Crippen LogP contribution in [0.3, 0.4) is 0 Å². The van der Waals surface area contributed by atoms with Gasteiger partial charge in [-0.1, -0.05) is 19.3 Å². The van der Waals surface area contributed by atoms with E-state index < -0.39 is 9.28 Å². The zero-order valence-corrected chi connectivity index (χ0v) is 10.4. The Labute approximate surface area is 87.4 Å². The van der Waals surface area contributed by atoms with Crippen molar-refractivity contribution >= 4 is 20.9 Å². The van der Waals surface area contributed by atoms with Crippen LogP contribution < -0.4 is 0 Å². The summed E-state index contributed by atoms with van der Waals surface area (Å²) in [6.45, 7) is 0. The summed E-state index contributed by atoms with van der Waals surface area (Å²) in [4.78, 5) is 0. The van der Waals surface area contributed by atoms with Gasteiger partial charge in [-0.3, -0.25) is 0 Å². The number of halogens is 1. The van der Waals surface area contributed by atoms with Gasteiger partial charge < -0.3 is 8.85 Å². The molecule has 0 unspecified atom stereocenters. The minimum Gasteiger partial charge on any atom is -0.400 e. The molecule has 1 aliphatic carbocycles. The monoisotopic (exact) mass is 222 g/mol. The van der Waals surface area contributed by atoms with E-state index in [0.717, 1.165) is 0 Å². The van der Waals surface area contributed by atoms with Gasteiger partial charge in [0.05, 0.1) is 0 Å². The molecule has 1 rings (SSSR count). The van der Waals surface area contributed by atoms with Gasteiger partial charge in [0.1, 0.15) is 0 Å². The second-order valence-corrected chi connectivity index (χ2v) is 6.96. The van der Waals surface area contributed by atoms with Crippen LogP contribution in [-0.2, 0) is 8.85 Å². The maximum absolute atomic E-state index is 6.06. The average molecular weight is 223 g/mol. The highest BCUT2D eigenvalue weighted by atomic mass is 35.5. The summed E-state index contributed by atoms with van der Waals surface area (Å²) in [6, 6.07) is 0. The van der Waals surface area contributed by atoms with Crippen molar-refractivity contribution in [1.29, 1.82) is 0 Å². The van der Waals surface area contributed by atoms with Gasteiger partial charge in [0, 0.05) is 25.1 Å². The Bertz CT molecular complexity index is 145. The highest BCUT2D eigenvalue weighted by Gasteiger charge is 2.42. The first kappa shape index (κ1) is 11.5. The number of rotatable bonds is 4. The minimum atomic E-state index is -1.54. The van der Waals surface area contributed by atoms with E-state index in [2.05, 4.69) is 0 Å². The van der Waals surface area contributed by atoms with Crippen LogP contribution in [0.1, 0.15) is 32.1 Å². The molecule has 1 saturated carbocycles. The summed E-state index contributed by atoms with van der Waals surface area (Å²) in [7, 11) is 1.97. The lowest BCUT2D eigenvalue weighted by Crippen LogP contribution is -2.39. The van der Waals surface area contributed by atoms with Crippen LogP contribution >= 0.6 is 11.6 Å². The third-order valence-electron chi connectivity index (χ3n) is 3.04. The fraction of sp³-hybridized carbons (Fsp3) is 1.00. The highest BCUT2D eigenvalue weighted by molar-refractivity contribution is 6.50. The Morgan fingerprint density at radius 3 is 2.08 bits per heavy atom. The maximum atomic E-state index is 6.06. The lowest BCUT2D eigenvalue weighted by molar-refractivity contribution is 0.220. The van der Waals surface area contributed by atoms with Gasteiger partial charge in [0.15, 0.2) is 0 Å². The van der Waals surface area contributed by atoms with E-state index in [1.54, 1.807) is 14.2 Å². The molecule has 0 aromatic heterocycles. The third-order valence-corrected chi connectivity index (χ3v) is 6.47. The summed E-state index contributed by atoms with van der Waals surface area (Å²) in [5.74, 6) is 0.700. The third kappa shape index (κ3) is 2.46. The van der Waals surface area contributed by atoms with Crippen molar-refractivity contribution in [3.8, 4) is 0 Å². The second-order valence-electron chi connectivity index (χ2n) is 3.86. The zero-order valence-electron chi connectivity index (χ0n) is 8.51. The van der Waals surface area contributed by atoms with Gasteiger partial charge in [0.25, 0.3) is 0 Å². The molecule has 0 atom stereocenters. The van der Waals surface area contributed by atoms with Crippen LogP contribution in [0.15, 0.2) is 0 Å². The van der Waals surface area contributed by atoms with Gasteiger partial charge in [-0.25, -0.2) is 0 Å². The van der Waals surface area contributed by atoms with E-state index in [1.165, 1.54) is 32.1 Å². The van der Waals surface area contributed by atoms with Crippen molar-refractivity contribution in [1.82, 2.24) is 0 Å². The van der Waals surface area contributed by atoms with Crippen molar-refractivity contribution < 1.29 is 8.85 Å². The van der Waals surface area contributed by atoms with E-state index >= 15 is 0 Å². The molecule has 2 nitrogen and oxygen atoms in total. The lowest BCUT2D eigenvalue weighted by atomic mass is 9.89. The SMILES string of the molecule is CO[SiH](OC)C1(CCl)CCCCC1. The Balaban J connectivity index is 2.64. The first-order chi connectivity index (χ1) is 6.29. The molecule has 13 heavy (non-hydrogen) atoms. The van der Waals surface area contributed by atoms with Gasteiger partial charge in [0.2, 0.25) is 0 Å². The summed E-state index contributed by atoms with van der Waals surface area (Å²) in [6.07, 6.45) is 6.28. The number of hydrogen-bond donors (Lipinski definition) is 0. The summed E-state index contributed by atoms with van der Waals surface area (Å²) in [5.41, 5.74) is 0. The zero-order chi connectivity index (χ0) is 9.73. The Morgan fingerprint density at radius 1 is 1.15 bits per heavy atom. The van der Waals surface area contributed by atoms with Gasteiger partial charge in [-0.05, 0) is 12.8 Å². The predicted octanol–water partition coefficient (Wildman–Crippen LogP) is 2.44. The summed E-state index contributed by atoms with van der Waals surface area (Å²) >= 11 is 6.06. The van der Waals surface area contributed by atoms with Gasteiger partial charge in [-0.15, -0.1) is 11.6 Å². The molecule has 1 aliphatic rings. The first-order valence-electron chi connectivity index (χ1n) is 4.90. The van der Waals surface area contributed by atoms with E-state index in [-0.39, 0.29) is 5.04 Å². The van der Waals surface area contributed by atoms with Crippen molar-refractivity contribution in [2.45, 2.75) is 37.1 Å². The standard InChI is InChI=1S/C9H19ClO2Si/c1-11-13(12-2)9(8-10)6-4-3-5-7-9/h13H,3-8H2,1-2H3. The Hall–Kier alpha value is 0.427. The highest BCUT2D eigenvalue weighted by Crippen LogP contribution is 2.46. The van der Waals surface area contributed by atoms with Gasteiger partial charge >= 0.3 is 9.28 Å². The van der Waals surface area contributed by atoms with E-state index in [9.17, 15) is 0 Å². The topological polar surface area (TPSA) is 18.5 Å². The fourth-order valence-corrected chi connectivity index (χ4v) is 5.13. The molecule has 0 radical (unpaired) electrons. The van der Waals surface area contributed by atoms with E-state index in [4.69, 9.17) is 20.5 Å². The molecule has 1 fully saturated rings. The molecule has 78 valence electrons. The molecule has 0 aromatic rings. The minimum absolute atomic E-state index is 0.198. The predicted molar refractivity (Wildman–Crippen MR) is 57.7 cm³/mol. The van der Waals surface area contributed by atoms with Crippen LogP contribution in [0, 0.1) is 0 Å². The van der Waals surface area contributed by atoms with Crippen molar-refractivity contribution in [3.63, 3.8) is 0 Å². The summed E-state index contributed by atoms with van der Waals surface area (Å²) < 4.78 is 10.9. The molecule has 0 heterocycles. The largest absolute Gasteiger partial charge is 0.400 e. The number of hydrogen-bond acceptors (Lipinski definition) is 2. The average Bonchev–Trinajstić information content (AvgIpc) is 2.21. The molecular formula is C9H19ClO2Si. The normalized spacial score (nSPS) is 22.2. The maximum Gasteiger partial charge on any atom is 0.328 e. The van der Waals surface area contributed by atoms with Crippen LogP contribution in [-0.4, -0.2) is 29.4 Å². The Morgan fingerprint density at radius 2 is 1.69 bits per heavy atom. The van der Waals surface area contributed by atoms with Crippen LogP contribution in [0.4, 0.5) is 0 Å². The molecular weight excluding hydrogens is 204 g/mol. The van der Waals surface area contributed by atoms with Crippen molar-refractivity contribution in [2.24, 2.45) is 0 Å². The molecule has 0 saturated heterocycles. The molecule has 0 aliphatic heterocycles.